The minimum Gasteiger partial charge on any atom is -0.478 e. The molecule has 1 aromatic heterocycles. The minimum atomic E-state index is -1.02. The summed E-state index contributed by atoms with van der Waals surface area (Å²) >= 11 is 0. The number of aromatic nitrogens is 3. The Balaban J connectivity index is 2.14. The van der Waals surface area contributed by atoms with Gasteiger partial charge in [-0.15, -0.1) is 5.10 Å². The maximum atomic E-state index is 11.2. The van der Waals surface area contributed by atoms with Gasteiger partial charge in [-0.1, -0.05) is 11.3 Å². The zero-order valence-corrected chi connectivity index (χ0v) is 11.1. The molecule has 0 spiro atoms. The lowest BCUT2D eigenvalue weighted by Crippen LogP contribution is -2.09. The summed E-state index contributed by atoms with van der Waals surface area (Å²) in [5.74, 6) is -1.29. The third-order valence-electron chi connectivity index (χ3n) is 2.82. The number of nitrogens with zero attached hydrogens (tertiary/aromatic N) is 3. The van der Waals surface area contributed by atoms with E-state index in [1.165, 1.54) is 10.7 Å². The second-order valence-corrected chi connectivity index (χ2v) is 4.20. The molecule has 0 unspecified atom stereocenters. The number of benzene rings is 1. The maximum absolute atomic E-state index is 11.2. The normalized spacial score (nSPS) is 10.7. The van der Waals surface area contributed by atoms with Crippen molar-refractivity contribution in [2.75, 3.05) is 6.61 Å². The first-order valence-corrected chi connectivity index (χ1v) is 6.34. The highest BCUT2D eigenvalue weighted by molar-refractivity contribution is 6.00. The van der Waals surface area contributed by atoms with E-state index in [0.717, 1.165) is 0 Å². The van der Waals surface area contributed by atoms with Gasteiger partial charge < -0.3 is 9.84 Å². The Bertz CT molecular complexity index is 636. The van der Waals surface area contributed by atoms with Gasteiger partial charge in [-0.25, -0.2) is 9.48 Å². The standard InChI is InChI=1S/C13H15N3O4/c1-2-20-11(17)7-4-8-16-12-9(13(18)19)5-3-6-10(12)14-15-16/h3,5-6H,2,4,7-8H2,1H3,(H,18,19). The van der Waals surface area contributed by atoms with Crippen LogP contribution in [0.25, 0.3) is 11.0 Å². The summed E-state index contributed by atoms with van der Waals surface area (Å²) in [7, 11) is 0. The van der Waals surface area contributed by atoms with Crippen LogP contribution in [0.15, 0.2) is 18.2 Å². The molecule has 0 atom stereocenters. The number of rotatable bonds is 6. The molecule has 0 aliphatic carbocycles. The van der Waals surface area contributed by atoms with Gasteiger partial charge in [0.05, 0.1) is 12.2 Å². The summed E-state index contributed by atoms with van der Waals surface area (Å²) in [4.78, 5) is 22.4. The van der Waals surface area contributed by atoms with Crippen molar-refractivity contribution in [3.8, 4) is 0 Å². The van der Waals surface area contributed by atoms with Crippen LogP contribution in [0.2, 0.25) is 0 Å². The number of carboxylic acids is 1. The van der Waals surface area contributed by atoms with Crippen LogP contribution in [0.3, 0.4) is 0 Å². The number of hydrogen-bond donors (Lipinski definition) is 1. The molecule has 7 nitrogen and oxygen atoms in total. The molecule has 0 amide bonds. The SMILES string of the molecule is CCOC(=O)CCCn1nnc2cccc(C(=O)O)c21. The van der Waals surface area contributed by atoms with E-state index < -0.39 is 5.97 Å². The molecule has 1 N–H and O–H groups in total. The highest BCUT2D eigenvalue weighted by atomic mass is 16.5. The smallest absolute Gasteiger partial charge is 0.337 e. The molecular formula is C13H15N3O4. The maximum Gasteiger partial charge on any atom is 0.337 e. The lowest BCUT2D eigenvalue weighted by molar-refractivity contribution is -0.143. The van der Waals surface area contributed by atoms with Crippen LogP contribution >= 0.6 is 0 Å². The highest BCUT2D eigenvalue weighted by Crippen LogP contribution is 2.17. The molecule has 2 rings (SSSR count). The minimum absolute atomic E-state index is 0.156. The Labute approximate surface area is 115 Å². The van der Waals surface area contributed by atoms with Crippen molar-refractivity contribution < 1.29 is 19.4 Å². The van der Waals surface area contributed by atoms with Crippen molar-refractivity contribution in [1.82, 2.24) is 15.0 Å². The molecule has 0 saturated carbocycles. The first kappa shape index (κ1) is 14.0. The van der Waals surface area contributed by atoms with Gasteiger partial charge in [0, 0.05) is 13.0 Å². The summed E-state index contributed by atoms with van der Waals surface area (Å²) in [5.41, 5.74) is 1.16. The van der Waals surface area contributed by atoms with Gasteiger partial charge in [-0.3, -0.25) is 4.79 Å². The predicted octanol–water partition coefficient (Wildman–Crippen LogP) is 1.47. The molecule has 0 saturated heterocycles. The van der Waals surface area contributed by atoms with E-state index in [1.54, 1.807) is 19.1 Å². The third kappa shape index (κ3) is 2.93. The van der Waals surface area contributed by atoms with E-state index in [-0.39, 0.29) is 18.0 Å². The Morgan fingerprint density at radius 1 is 1.40 bits per heavy atom. The molecule has 20 heavy (non-hydrogen) atoms. The monoisotopic (exact) mass is 277 g/mol. The average Bonchev–Trinajstić information content (AvgIpc) is 2.82. The zero-order chi connectivity index (χ0) is 14.5. The molecule has 0 radical (unpaired) electrons. The lowest BCUT2D eigenvalue weighted by atomic mass is 10.2. The Morgan fingerprint density at radius 3 is 2.90 bits per heavy atom. The number of carboxylic acid groups (broad SMARTS) is 1. The summed E-state index contributed by atoms with van der Waals surface area (Å²) in [6, 6.07) is 4.84. The third-order valence-corrected chi connectivity index (χ3v) is 2.82. The fraction of sp³-hybridized carbons (Fsp3) is 0.385. The molecule has 0 fully saturated rings. The second kappa shape index (κ2) is 6.14. The van der Waals surface area contributed by atoms with Crippen LogP contribution in [0.5, 0.6) is 0 Å². The Hall–Kier alpha value is -2.44. The van der Waals surface area contributed by atoms with Gasteiger partial charge in [0.2, 0.25) is 0 Å². The van der Waals surface area contributed by atoms with Crippen LogP contribution in [0.4, 0.5) is 0 Å². The van der Waals surface area contributed by atoms with Gasteiger partial charge in [0.1, 0.15) is 11.0 Å². The molecule has 0 bridgehead atoms. The number of ether oxygens (including phenoxy) is 1. The first-order valence-electron chi connectivity index (χ1n) is 6.34. The first-order chi connectivity index (χ1) is 9.63. The molecule has 2 aromatic rings. The van der Waals surface area contributed by atoms with Gasteiger partial charge in [0.15, 0.2) is 0 Å². The van der Waals surface area contributed by atoms with Crippen LogP contribution in [-0.4, -0.2) is 38.6 Å². The van der Waals surface area contributed by atoms with Crippen molar-refractivity contribution in [2.24, 2.45) is 0 Å². The molecule has 1 heterocycles. The predicted molar refractivity (Wildman–Crippen MR) is 70.4 cm³/mol. The summed E-state index contributed by atoms with van der Waals surface area (Å²) < 4.78 is 6.34. The molecule has 106 valence electrons. The Morgan fingerprint density at radius 2 is 2.20 bits per heavy atom. The van der Waals surface area contributed by atoms with Crippen LogP contribution in [0, 0.1) is 0 Å². The second-order valence-electron chi connectivity index (χ2n) is 4.20. The van der Waals surface area contributed by atoms with Crippen molar-refractivity contribution in [3.63, 3.8) is 0 Å². The fourth-order valence-electron chi connectivity index (χ4n) is 1.97. The molecule has 1 aromatic carbocycles. The average molecular weight is 277 g/mol. The van der Waals surface area contributed by atoms with Gasteiger partial charge in [-0.2, -0.15) is 0 Å². The van der Waals surface area contributed by atoms with Crippen molar-refractivity contribution in [2.45, 2.75) is 26.3 Å². The van der Waals surface area contributed by atoms with E-state index in [2.05, 4.69) is 10.3 Å². The highest BCUT2D eigenvalue weighted by Gasteiger charge is 2.14. The number of carbonyl (C=O) groups is 2. The van der Waals surface area contributed by atoms with E-state index in [0.29, 0.717) is 30.6 Å². The van der Waals surface area contributed by atoms with E-state index in [9.17, 15) is 9.59 Å². The number of carbonyl (C=O) groups excluding carboxylic acids is 1. The molecule has 7 heteroatoms. The lowest BCUT2D eigenvalue weighted by Gasteiger charge is -2.04. The van der Waals surface area contributed by atoms with E-state index in [4.69, 9.17) is 9.84 Å². The van der Waals surface area contributed by atoms with Crippen LogP contribution in [0.1, 0.15) is 30.1 Å². The summed E-state index contributed by atoms with van der Waals surface area (Å²) in [6.07, 6.45) is 0.787. The van der Waals surface area contributed by atoms with Crippen molar-refractivity contribution in [1.29, 1.82) is 0 Å². The number of para-hydroxylation sites is 1. The van der Waals surface area contributed by atoms with E-state index >= 15 is 0 Å². The topological polar surface area (TPSA) is 94.3 Å². The van der Waals surface area contributed by atoms with Crippen molar-refractivity contribution >= 4 is 23.0 Å². The molecule has 0 aliphatic rings. The number of aryl methyl sites for hydroxylation is 1. The molecule has 0 aliphatic heterocycles. The number of esters is 1. The quantitative estimate of drug-likeness (QED) is 0.803. The Kier molecular flexibility index (Phi) is 4.29. The summed E-state index contributed by atoms with van der Waals surface area (Å²) in [6.45, 7) is 2.52. The van der Waals surface area contributed by atoms with Gasteiger partial charge in [-0.05, 0) is 25.5 Å². The number of aromatic carboxylic acids is 1. The zero-order valence-electron chi connectivity index (χ0n) is 11.1. The van der Waals surface area contributed by atoms with Crippen LogP contribution in [-0.2, 0) is 16.1 Å². The fourth-order valence-corrected chi connectivity index (χ4v) is 1.97. The summed E-state index contributed by atoms with van der Waals surface area (Å²) in [5, 5.41) is 17.0. The largest absolute Gasteiger partial charge is 0.478 e. The van der Waals surface area contributed by atoms with Gasteiger partial charge >= 0.3 is 11.9 Å². The van der Waals surface area contributed by atoms with Crippen LogP contribution < -0.4 is 0 Å². The molecular weight excluding hydrogens is 262 g/mol. The van der Waals surface area contributed by atoms with Crippen molar-refractivity contribution in [3.05, 3.63) is 23.8 Å². The van der Waals surface area contributed by atoms with Gasteiger partial charge in [0.25, 0.3) is 0 Å². The number of fused-ring (bicyclic) bond motifs is 1. The van der Waals surface area contributed by atoms with E-state index in [1.807, 2.05) is 0 Å². The number of hydrogen-bond acceptors (Lipinski definition) is 5.